The molecule has 2 saturated heterocycles. The lowest BCUT2D eigenvalue weighted by Crippen LogP contribution is -2.61. The van der Waals surface area contributed by atoms with Crippen LogP contribution in [-0.4, -0.2) is 142 Å². The van der Waals surface area contributed by atoms with Crippen LogP contribution in [0.25, 0.3) is 0 Å². The molecule has 14 nitrogen and oxygen atoms in total. The molecule has 11 unspecified atom stereocenters. The molecule has 0 radical (unpaired) electrons. The Bertz CT molecular complexity index is 1420. The Hall–Kier alpha value is -1.53. The smallest absolute Gasteiger partial charge is 0.306 e. The zero-order valence-electron chi connectivity index (χ0n) is 51.1. The quantitative estimate of drug-likeness (QED) is 0.0171. The number of carbonyl (C=O) groups excluding carboxylic acids is 1. The summed E-state index contributed by atoms with van der Waals surface area (Å²) in [6, 6.07) is 0. The van der Waals surface area contributed by atoms with Crippen molar-refractivity contribution in [3.05, 3.63) is 24.3 Å². The van der Waals surface area contributed by atoms with Gasteiger partial charge in [0.2, 0.25) is 0 Å². The number of hydrogen-bond donors (Lipinski definition) is 7. The van der Waals surface area contributed by atoms with Gasteiger partial charge in [0, 0.05) is 13.0 Å². The van der Waals surface area contributed by atoms with Crippen molar-refractivity contribution in [3.63, 3.8) is 0 Å². The summed E-state index contributed by atoms with van der Waals surface area (Å²) >= 11 is 0. The van der Waals surface area contributed by atoms with Crippen LogP contribution in [0.1, 0.15) is 290 Å². The highest BCUT2D eigenvalue weighted by molar-refractivity contribution is 5.69. The van der Waals surface area contributed by atoms with E-state index in [1.165, 1.54) is 218 Å². The standard InChI is InChI=1S/C66H124O14/c1-3-5-7-9-11-13-15-17-19-21-23-25-26-27-28-29-31-33-35-37-39-41-43-45-47-49-58(68)78-55(52-75-50-48-46-44-42-40-38-36-34-32-30-24-22-20-18-16-14-12-10-8-6-4-2)53-76-65-64(74)62(72)60(70)57(80-65)54-77-66-63(73)61(71)59(69)56(51-67)79-66/h15,17,21,23,55-57,59-67,69-74H,3-14,16,18-20,22,24-54H2,1-2H3/b17-15-,23-21-. The van der Waals surface area contributed by atoms with Crippen molar-refractivity contribution < 1.29 is 69.0 Å². The molecule has 0 aromatic carbocycles. The van der Waals surface area contributed by atoms with E-state index in [4.69, 9.17) is 28.4 Å². The van der Waals surface area contributed by atoms with Crippen LogP contribution in [0.5, 0.6) is 0 Å². The van der Waals surface area contributed by atoms with Crippen LogP contribution in [0, 0.1) is 0 Å². The van der Waals surface area contributed by atoms with Crippen LogP contribution in [0.4, 0.5) is 0 Å². The third kappa shape index (κ3) is 38.4. The zero-order chi connectivity index (χ0) is 57.9. The van der Waals surface area contributed by atoms with E-state index in [0.29, 0.717) is 13.0 Å². The molecule has 2 fully saturated rings. The average Bonchev–Trinajstić information content (AvgIpc) is 3.52. The first-order chi connectivity index (χ1) is 39.1. The first-order valence-electron chi connectivity index (χ1n) is 33.4. The van der Waals surface area contributed by atoms with E-state index in [1.54, 1.807) is 0 Å². The molecule has 7 N–H and O–H groups in total. The fourth-order valence-electron chi connectivity index (χ4n) is 10.8. The van der Waals surface area contributed by atoms with Crippen molar-refractivity contribution in [2.45, 2.75) is 357 Å². The van der Waals surface area contributed by atoms with Crippen LogP contribution in [0.2, 0.25) is 0 Å². The Morgan fingerprint density at radius 1 is 0.412 bits per heavy atom. The lowest BCUT2D eigenvalue weighted by Gasteiger charge is -2.42. The highest BCUT2D eigenvalue weighted by Crippen LogP contribution is 2.27. The SMILES string of the molecule is CCCCCCC/C=C\C/C=C\CCCCCCCCCCCCCCCC(=O)OC(COCCCCCCCCCCCCCCCCCCCCCCC)COC1OC(COC2OC(CO)C(O)C(O)C2O)C(O)C(O)C1O. The maximum absolute atomic E-state index is 13.1. The van der Waals surface area contributed by atoms with E-state index in [9.17, 15) is 40.5 Å². The number of esters is 1. The van der Waals surface area contributed by atoms with Crippen molar-refractivity contribution >= 4 is 5.97 Å². The second kappa shape index (κ2) is 53.0. The molecule has 11 atom stereocenters. The Labute approximate surface area is 487 Å². The summed E-state index contributed by atoms with van der Waals surface area (Å²) in [5.74, 6) is -0.370. The van der Waals surface area contributed by atoms with E-state index in [1.807, 2.05) is 0 Å². The van der Waals surface area contributed by atoms with Crippen LogP contribution in [-0.2, 0) is 33.2 Å². The molecule has 0 spiro atoms. The predicted molar refractivity (Wildman–Crippen MR) is 321 cm³/mol. The van der Waals surface area contributed by atoms with E-state index in [2.05, 4.69) is 38.2 Å². The van der Waals surface area contributed by atoms with Gasteiger partial charge in [0.1, 0.15) is 54.9 Å². The van der Waals surface area contributed by atoms with Gasteiger partial charge in [-0.1, -0.05) is 263 Å². The Kier molecular flexibility index (Phi) is 49.4. The molecule has 2 rings (SSSR count). The van der Waals surface area contributed by atoms with E-state index in [-0.39, 0.29) is 25.6 Å². The molecule has 0 aromatic rings. The number of aliphatic hydroxyl groups is 7. The Morgan fingerprint density at radius 3 is 1.20 bits per heavy atom. The summed E-state index contributed by atoms with van der Waals surface area (Å²) in [5.41, 5.74) is 0. The number of aliphatic hydroxyl groups excluding tert-OH is 7. The maximum atomic E-state index is 13.1. The molecule has 80 heavy (non-hydrogen) atoms. The summed E-state index contributed by atoms with van der Waals surface area (Å²) < 4.78 is 34.5. The summed E-state index contributed by atoms with van der Waals surface area (Å²) in [5, 5.41) is 72.5. The molecule has 0 amide bonds. The van der Waals surface area contributed by atoms with Crippen molar-refractivity contribution in [2.24, 2.45) is 0 Å². The number of ether oxygens (including phenoxy) is 6. The molecule has 0 bridgehead atoms. The van der Waals surface area contributed by atoms with Gasteiger partial charge in [0.15, 0.2) is 12.6 Å². The molecule has 2 heterocycles. The number of allylic oxidation sites excluding steroid dienone is 4. The highest BCUT2D eigenvalue weighted by Gasteiger charge is 2.47. The van der Waals surface area contributed by atoms with Gasteiger partial charge in [-0.2, -0.15) is 0 Å². The third-order valence-electron chi connectivity index (χ3n) is 16.2. The molecule has 14 heteroatoms. The molecular formula is C66H124O14. The molecule has 0 aromatic heterocycles. The van der Waals surface area contributed by atoms with Gasteiger partial charge in [-0.3, -0.25) is 4.79 Å². The minimum absolute atomic E-state index is 0.0673. The van der Waals surface area contributed by atoms with Crippen molar-refractivity contribution in [3.8, 4) is 0 Å². The van der Waals surface area contributed by atoms with E-state index < -0.39 is 80.7 Å². The van der Waals surface area contributed by atoms with Gasteiger partial charge in [-0.25, -0.2) is 0 Å². The van der Waals surface area contributed by atoms with Crippen LogP contribution >= 0.6 is 0 Å². The minimum atomic E-state index is -1.70. The normalized spacial score (nSPS) is 23.9. The molecule has 2 aliphatic rings. The fourth-order valence-corrected chi connectivity index (χ4v) is 10.8. The van der Waals surface area contributed by atoms with Crippen LogP contribution in [0.15, 0.2) is 24.3 Å². The lowest BCUT2D eigenvalue weighted by atomic mass is 9.98. The zero-order valence-corrected chi connectivity index (χ0v) is 51.1. The van der Waals surface area contributed by atoms with Crippen molar-refractivity contribution in [1.82, 2.24) is 0 Å². The van der Waals surface area contributed by atoms with Crippen molar-refractivity contribution in [2.75, 3.05) is 33.0 Å². The average molecular weight is 1140 g/mol. The Morgan fingerprint density at radius 2 is 0.775 bits per heavy atom. The van der Waals surface area contributed by atoms with Gasteiger partial charge < -0.3 is 64.2 Å². The molecule has 0 aliphatic carbocycles. The first kappa shape index (κ1) is 74.6. The van der Waals surface area contributed by atoms with Crippen LogP contribution < -0.4 is 0 Å². The van der Waals surface area contributed by atoms with E-state index >= 15 is 0 Å². The second-order valence-corrected chi connectivity index (χ2v) is 23.7. The molecular weight excluding hydrogens is 1020 g/mol. The summed E-state index contributed by atoms with van der Waals surface area (Å²) in [7, 11) is 0. The molecule has 0 saturated carbocycles. The fraction of sp³-hybridized carbons (Fsp3) is 0.924. The largest absolute Gasteiger partial charge is 0.457 e. The predicted octanol–water partition coefficient (Wildman–Crippen LogP) is 13.5. The third-order valence-corrected chi connectivity index (χ3v) is 16.2. The van der Waals surface area contributed by atoms with Gasteiger partial charge in [-0.05, 0) is 44.9 Å². The first-order valence-corrected chi connectivity index (χ1v) is 33.4. The number of carbonyl (C=O) groups is 1. The minimum Gasteiger partial charge on any atom is -0.457 e. The van der Waals surface area contributed by atoms with Gasteiger partial charge >= 0.3 is 5.97 Å². The monoisotopic (exact) mass is 1140 g/mol. The van der Waals surface area contributed by atoms with Gasteiger partial charge in [-0.15, -0.1) is 0 Å². The summed E-state index contributed by atoms with van der Waals surface area (Å²) in [4.78, 5) is 13.1. The molecule has 2 aliphatic heterocycles. The number of hydrogen-bond acceptors (Lipinski definition) is 14. The topological polar surface area (TPSA) is 214 Å². The lowest BCUT2D eigenvalue weighted by molar-refractivity contribution is -0.332. The summed E-state index contributed by atoms with van der Waals surface area (Å²) in [6.45, 7) is 3.75. The number of rotatable bonds is 56. The second-order valence-electron chi connectivity index (χ2n) is 23.7. The van der Waals surface area contributed by atoms with E-state index in [0.717, 1.165) is 44.9 Å². The highest BCUT2D eigenvalue weighted by atomic mass is 16.7. The molecule has 472 valence electrons. The summed E-state index contributed by atoms with van der Waals surface area (Å²) in [6.07, 6.45) is 46.7. The number of unbranched alkanes of at least 4 members (excludes halogenated alkanes) is 38. The Balaban J connectivity index is 1.65. The van der Waals surface area contributed by atoms with Gasteiger partial charge in [0.25, 0.3) is 0 Å². The van der Waals surface area contributed by atoms with Crippen LogP contribution in [0.3, 0.4) is 0 Å². The van der Waals surface area contributed by atoms with Gasteiger partial charge in [0.05, 0.1) is 26.4 Å². The maximum Gasteiger partial charge on any atom is 0.306 e. The van der Waals surface area contributed by atoms with Crippen molar-refractivity contribution in [1.29, 1.82) is 0 Å².